The fourth-order valence-electron chi connectivity index (χ4n) is 0.974. The molecule has 0 spiro atoms. The van der Waals surface area contributed by atoms with Gasteiger partial charge in [-0.3, -0.25) is 0 Å². The van der Waals surface area contributed by atoms with Gasteiger partial charge in [0.2, 0.25) is 0 Å². The van der Waals surface area contributed by atoms with Gasteiger partial charge in [-0.1, -0.05) is 6.07 Å². The van der Waals surface area contributed by atoms with Crippen molar-refractivity contribution in [2.24, 2.45) is 0 Å². The highest BCUT2D eigenvalue weighted by atomic mass is 79.9. The van der Waals surface area contributed by atoms with Gasteiger partial charge in [-0.15, -0.1) is 0 Å². The van der Waals surface area contributed by atoms with Gasteiger partial charge < -0.3 is 5.32 Å². The van der Waals surface area contributed by atoms with Gasteiger partial charge in [0.05, 0.1) is 11.3 Å². The molecule has 0 aliphatic carbocycles. The van der Waals surface area contributed by atoms with E-state index >= 15 is 0 Å². The lowest BCUT2D eigenvalue weighted by Crippen LogP contribution is -1.99. The molecule has 0 saturated heterocycles. The average molecular weight is 225 g/mol. The van der Waals surface area contributed by atoms with E-state index in [0.29, 0.717) is 5.56 Å². The summed E-state index contributed by atoms with van der Waals surface area (Å²) in [7, 11) is 0. The molecule has 0 bridgehead atoms. The number of rotatable bonds is 2. The summed E-state index contributed by atoms with van der Waals surface area (Å²) in [6.45, 7) is 2.82. The van der Waals surface area contributed by atoms with Gasteiger partial charge in [0, 0.05) is 11.0 Å². The van der Waals surface area contributed by atoms with Crippen LogP contribution in [0.4, 0.5) is 5.69 Å². The van der Waals surface area contributed by atoms with E-state index in [1.807, 2.05) is 19.1 Å². The monoisotopic (exact) mass is 224 g/mol. The zero-order valence-corrected chi connectivity index (χ0v) is 8.35. The van der Waals surface area contributed by atoms with Gasteiger partial charge in [-0.05, 0) is 35.0 Å². The second-order valence-corrected chi connectivity index (χ2v) is 3.16. The number of hydrogen-bond donors (Lipinski definition) is 1. The molecule has 2 nitrogen and oxygen atoms in total. The quantitative estimate of drug-likeness (QED) is 0.839. The maximum absolute atomic E-state index is 8.76. The van der Waals surface area contributed by atoms with E-state index in [9.17, 15) is 0 Å². The minimum absolute atomic E-state index is 0.672. The minimum Gasteiger partial charge on any atom is -0.383 e. The van der Waals surface area contributed by atoms with Gasteiger partial charge in [0.1, 0.15) is 6.07 Å². The Bertz CT molecular complexity index is 315. The topological polar surface area (TPSA) is 35.8 Å². The number of halogens is 1. The van der Waals surface area contributed by atoms with Crippen molar-refractivity contribution < 1.29 is 0 Å². The third-order valence-electron chi connectivity index (χ3n) is 1.49. The fraction of sp³-hybridized carbons (Fsp3) is 0.222. The molecular formula is C9H9BrN2. The molecule has 0 amide bonds. The number of nitrogens with zero attached hydrogens (tertiary/aromatic N) is 1. The van der Waals surface area contributed by atoms with Crippen molar-refractivity contribution in [3.63, 3.8) is 0 Å². The molecular weight excluding hydrogens is 216 g/mol. The molecule has 0 aliphatic heterocycles. The summed E-state index contributed by atoms with van der Waals surface area (Å²) in [5, 5.41) is 11.9. The van der Waals surface area contributed by atoms with Gasteiger partial charge in [-0.2, -0.15) is 5.26 Å². The molecule has 0 atom stereocenters. The summed E-state index contributed by atoms with van der Waals surface area (Å²) in [5.41, 5.74) is 1.55. The number of hydrogen-bond acceptors (Lipinski definition) is 2. The van der Waals surface area contributed by atoms with Crippen molar-refractivity contribution in [2.75, 3.05) is 11.9 Å². The largest absolute Gasteiger partial charge is 0.383 e. The van der Waals surface area contributed by atoms with Crippen LogP contribution in [0, 0.1) is 11.3 Å². The van der Waals surface area contributed by atoms with Crippen LogP contribution < -0.4 is 5.32 Å². The highest BCUT2D eigenvalue weighted by Crippen LogP contribution is 2.25. The van der Waals surface area contributed by atoms with Crippen molar-refractivity contribution in [3.8, 4) is 6.07 Å². The standard InChI is InChI=1S/C9H9BrN2/c1-2-12-9-7(6-11)4-3-5-8(9)10/h3-5,12H,2H2,1H3. The Balaban J connectivity index is 3.13. The second kappa shape index (κ2) is 4.13. The summed E-state index contributed by atoms with van der Waals surface area (Å²) in [6.07, 6.45) is 0. The lowest BCUT2D eigenvalue weighted by molar-refractivity contribution is 1.20. The van der Waals surface area contributed by atoms with Gasteiger partial charge in [0.25, 0.3) is 0 Å². The van der Waals surface area contributed by atoms with Crippen LogP contribution in [0.15, 0.2) is 22.7 Å². The Morgan fingerprint density at radius 1 is 1.58 bits per heavy atom. The Morgan fingerprint density at radius 3 is 2.92 bits per heavy atom. The zero-order valence-electron chi connectivity index (χ0n) is 6.76. The number of anilines is 1. The predicted octanol–water partition coefficient (Wildman–Crippen LogP) is 2.75. The molecule has 0 aromatic heterocycles. The molecule has 3 heteroatoms. The van der Waals surface area contributed by atoms with E-state index in [1.165, 1.54) is 0 Å². The van der Waals surface area contributed by atoms with Crippen LogP contribution in [0.1, 0.15) is 12.5 Å². The molecule has 1 N–H and O–H groups in total. The van der Waals surface area contributed by atoms with Crippen LogP contribution >= 0.6 is 15.9 Å². The molecule has 1 rings (SSSR count). The SMILES string of the molecule is CCNc1c(Br)cccc1C#N. The maximum Gasteiger partial charge on any atom is 0.101 e. The van der Waals surface area contributed by atoms with E-state index in [1.54, 1.807) is 6.07 Å². The fourth-order valence-corrected chi connectivity index (χ4v) is 1.48. The number of nitriles is 1. The van der Waals surface area contributed by atoms with E-state index in [0.717, 1.165) is 16.7 Å². The van der Waals surface area contributed by atoms with E-state index < -0.39 is 0 Å². The first-order valence-electron chi connectivity index (χ1n) is 3.72. The molecule has 1 aromatic carbocycles. The predicted molar refractivity (Wildman–Crippen MR) is 53.0 cm³/mol. The van der Waals surface area contributed by atoms with Gasteiger partial charge in [0.15, 0.2) is 0 Å². The van der Waals surface area contributed by atoms with Crippen LogP contribution in [0.2, 0.25) is 0 Å². The van der Waals surface area contributed by atoms with Crippen LogP contribution in [0.5, 0.6) is 0 Å². The first-order valence-corrected chi connectivity index (χ1v) is 4.51. The third-order valence-corrected chi connectivity index (χ3v) is 2.15. The molecule has 62 valence electrons. The Morgan fingerprint density at radius 2 is 2.33 bits per heavy atom. The number of para-hydroxylation sites is 1. The lowest BCUT2D eigenvalue weighted by atomic mass is 10.2. The summed E-state index contributed by atoms with van der Waals surface area (Å²) < 4.78 is 0.934. The Hall–Kier alpha value is -1.01. The number of benzene rings is 1. The molecule has 0 unspecified atom stereocenters. The molecule has 0 fully saturated rings. The van der Waals surface area contributed by atoms with Crippen molar-refractivity contribution in [1.82, 2.24) is 0 Å². The third kappa shape index (κ3) is 1.77. The number of nitrogens with one attached hydrogen (secondary N) is 1. The van der Waals surface area contributed by atoms with E-state index in [-0.39, 0.29) is 0 Å². The van der Waals surface area contributed by atoms with Crippen molar-refractivity contribution >= 4 is 21.6 Å². The van der Waals surface area contributed by atoms with Gasteiger partial charge >= 0.3 is 0 Å². The molecule has 1 aromatic rings. The summed E-state index contributed by atoms with van der Waals surface area (Å²) in [6, 6.07) is 7.69. The Kier molecular flexibility index (Phi) is 3.12. The second-order valence-electron chi connectivity index (χ2n) is 2.30. The summed E-state index contributed by atoms with van der Waals surface area (Å²) in [5.74, 6) is 0. The van der Waals surface area contributed by atoms with Crippen LogP contribution in [0.25, 0.3) is 0 Å². The molecule has 0 saturated carbocycles. The van der Waals surface area contributed by atoms with Crippen LogP contribution in [0.3, 0.4) is 0 Å². The molecule has 0 radical (unpaired) electrons. The van der Waals surface area contributed by atoms with Crippen LogP contribution in [-0.4, -0.2) is 6.54 Å². The Labute approximate surface area is 80.3 Å². The van der Waals surface area contributed by atoms with E-state index in [2.05, 4.69) is 27.3 Å². The lowest BCUT2D eigenvalue weighted by Gasteiger charge is -2.06. The molecule has 0 heterocycles. The van der Waals surface area contributed by atoms with Crippen molar-refractivity contribution in [1.29, 1.82) is 5.26 Å². The first kappa shape index (κ1) is 9.08. The summed E-state index contributed by atoms with van der Waals surface area (Å²) >= 11 is 3.38. The highest BCUT2D eigenvalue weighted by Gasteiger charge is 2.03. The minimum atomic E-state index is 0.672. The molecule has 12 heavy (non-hydrogen) atoms. The van der Waals surface area contributed by atoms with Crippen molar-refractivity contribution in [2.45, 2.75) is 6.92 Å². The smallest absolute Gasteiger partial charge is 0.101 e. The summed E-state index contributed by atoms with van der Waals surface area (Å²) in [4.78, 5) is 0. The highest BCUT2D eigenvalue weighted by molar-refractivity contribution is 9.10. The van der Waals surface area contributed by atoms with Gasteiger partial charge in [-0.25, -0.2) is 0 Å². The first-order chi connectivity index (χ1) is 5.79. The van der Waals surface area contributed by atoms with E-state index in [4.69, 9.17) is 5.26 Å². The zero-order chi connectivity index (χ0) is 8.97. The van der Waals surface area contributed by atoms with Crippen molar-refractivity contribution in [3.05, 3.63) is 28.2 Å². The average Bonchev–Trinajstić information content (AvgIpc) is 2.09. The normalized spacial score (nSPS) is 9.08. The van der Waals surface area contributed by atoms with Crippen LogP contribution in [-0.2, 0) is 0 Å². The maximum atomic E-state index is 8.76. The molecule has 0 aliphatic rings.